The van der Waals surface area contributed by atoms with Gasteiger partial charge in [-0.15, -0.1) is 0 Å². The van der Waals surface area contributed by atoms with E-state index in [1.54, 1.807) is 13.2 Å². The maximum Gasteiger partial charge on any atom is 0.156 e. The first-order valence-electron chi connectivity index (χ1n) is 9.17. The Balaban J connectivity index is 2.20. The average Bonchev–Trinajstić information content (AvgIpc) is 3.26. The molecular weight excluding hydrogens is 340 g/mol. The van der Waals surface area contributed by atoms with Gasteiger partial charge in [-0.3, -0.25) is 9.89 Å². The van der Waals surface area contributed by atoms with E-state index >= 15 is 0 Å². The maximum atomic E-state index is 11.4. The SMILES string of the molecule is C=C(Nc1cc(C2=CC(=O)CC2)[nH]n1)/C(=C/C(COC)=C(\C)CC)N(C)C. The van der Waals surface area contributed by atoms with Crippen molar-refractivity contribution in [2.24, 2.45) is 0 Å². The zero-order valence-electron chi connectivity index (χ0n) is 17.0. The van der Waals surface area contributed by atoms with Crippen molar-refractivity contribution in [1.29, 1.82) is 0 Å². The standard InChI is InChI=1S/C21H30N4O2/c1-7-14(2)17(13-27-6)11-20(25(4)5)15(3)22-21-12-19(23-24-21)16-8-9-18(26)10-16/h10-12H,3,7-9,13H2,1-2,4-6H3,(H2,22,23,24)/b17-14-,20-11-. The summed E-state index contributed by atoms with van der Waals surface area (Å²) in [6.07, 6.45) is 6.08. The predicted molar refractivity (Wildman–Crippen MR) is 110 cm³/mol. The second kappa shape index (κ2) is 9.37. The van der Waals surface area contributed by atoms with Crippen molar-refractivity contribution < 1.29 is 9.53 Å². The fourth-order valence-electron chi connectivity index (χ4n) is 2.90. The van der Waals surface area contributed by atoms with Gasteiger partial charge in [-0.1, -0.05) is 19.1 Å². The Bertz CT molecular complexity index is 797. The Kier molecular flexibility index (Phi) is 7.19. The van der Waals surface area contributed by atoms with Crippen molar-refractivity contribution in [3.05, 3.63) is 53.0 Å². The van der Waals surface area contributed by atoms with E-state index in [4.69, 9.17) is 4.74 Å². The molecule has 1 aromatic heterocycles. The van der Waals surface area contributed by atoms with E-state index in [1.807, 2.05) is 25.1 Å². The Morgan fingerprint density at radius 3 is 2.74 bits per heavy atom. The van der Waals surface area contributed by atoms with Crippen LogP contribution in [-0.4, -0.2) is 48.7 Å². The molecule has 0 fully saturated rings. The number of nitrogens with one attached hydrogen (secondary N) is 2. The van der Waals surface area contributed by atoms with Gasteiger partial charge < -0.3 is 15.0 Å². The molecule has 0 radical (unpaired) electrons. The minimum Gasteiger partial charge on any atom is -0.380 e. The number of ether oxygens (including phenoxy) is 1. The minimum absolute atomic E-state index is 0.167. The molecule has 2 rings (SSSR count). The van der Waals surface area contributed by atoms with Gasteiger partial charge in [-0.25, -0.2) is 0 Å². The largest absolute Gasteiger partial charge is 0.380 e. The van der Waals surface area contributed by atoms with E-state index in [1.165, 1.54) is 5.57 Å². The number of allylic oxidation sites excluding steroid dienone is 3. The van der Waals surface area contributed by atoms with E-state index in [0.29, 0.717) is 18.8 Å². The lowest BCUT2D eigenvalue weighted by Gasteiger charge is -2.21. The van der Waals surface area contributed by atoms with Gasteiger partial charge in [0.05, 0.1) is 23.7 Å². The lowest BCUT2D eigenvalue weighted by molar-refractivity contribution is -0.114. The molecule has 1 aliphatic rings. The van der Waals surface area contributed by atoms with E-state index in [2.05, 4.69) is 42.0 Å². The molecule has 1 aliphatic carbocycles. The zero-order chi connectivity index (χ0) is 20.0. The molecular formula is C21H30N4O2. The number of methoxy groups -OCH3 is 1. The van der Waals surface area contributed by atoms with E-state index in [9.17, 15) is 4.79 Å². The van der Waals surface area contributed by atoms with Gasteiger partial charge >= 0.3 is 0 Å². The molecule has 1 heterocycles. The molecule has 1 aromatic rings. The minimum atomic E-state index is 0.167. The Hall–Kier alpha value is -2.60. The molecule has 0 atom stereocenters. The summed E-state index contributed by atoms with van der Waals surface area (Å²) in [5.74, 6) is 0.840. The van der Waals surface area contributed by atoms with Gasteiger partial charge in [0.25, 0.3) is 0 Å². The molecule has 0 saturated heterocycles. The second-order valence-corrected chi connectivity index (χ2v) is 6.92. The summed E-state index contributed by atoms with van der Waals surface area (Å²) >= 11 is 0. The van der Waals surface area contributed by atoms with Gasteiger partial charge in [0, 0.05) is 33.7 Å². The number of hydrogen-bond acceptors (Lipinski definition) is 5. The van der Waals surface area contributed by atoms with Gasteiger partial charge in [0.1, 0.15) is 0 Å². The maximum absolute atomic E-state index is 11.4. The van der Waals surface area contributed by atoms with Crippen molar-refractivity contribution in [1.82, 2.24) is 15.1 Å². The van der Waals surface area contributed by atoms with Crippen molar-refractivity contribution in [2.45, 2.75) is 33.1 Å². The smallest absolute Gasteiger partial charge is 0.156 e. The quantitative estimate of drug-likeness (QED) is 0.645. The summed E-state index contributed by atoms with van der Waals surface area (Å²) in [5.41, 5.74) is 5.99. The van der Waals surface area contributed by atoms with Crippen LogP contribution in [0, 0.1) is 0 Å². The molecule has 27 heavy (non-hydrogen) atoms. The number of nitrogens with zero attached hydrogens (tertiary/aromatic N) is 2. The summed E-state index contributed by atoms with van der Waals surface area (Å²) in [4.78, 5) is 13.5. The number of anilines is 1. The number of aromatic nitrogens is 2. The highest BCUT2D eigenvalue weighted by molar-refractivity contribution is 6.01. The van der Waals surface area contributed by atoms with Crippen molar-refractivity contribution >= 4 is 17.2 Å². The summed E-state index contributed by atoms with van der Waals surface area (Å²) < 4.78 is 5.35. The average molecular weight is 370 g/mol. The van der Waals surface area contributed by atoms with Crippen LogP contribution in [0.4, 0.5) is 5.82 Å². The molecule has 0 aromatic carbocycles. The van der Waals surface area contributed by atoms with Gasteiger partial charge in [0.2, 0.25) is 0 Å². The summed E-state index contributed by atoms with van der Waals surface area (Å²) in [5, 5.41) is 10.6. The Morgan fingerprint density at radius 1 is 1.44 bits per heavy atom. The number of hydrogen-bond donors (Lipinski definition) is 2. The van der Waals surface area contributed by atoms with Crippen LogP contribution >= 0.6 is 0 Å². The highest BCUT2D eigenvalue weighted by atomic mass is 16.5. The molecule has 0 unspecified atom stereocenters. The highest BCUT2D eigenvalue weighted by Crippen LogP contribution is 2.26. The molecule has 0 bridgehead atoms. The summed E-state index contributed by atoms with van der Waals surface area (Å²) in [6.45, 7) is 8.99. The van der Waals surface area contributed by atoms with E-state index in [-0.39, 0.29) is 5.78 Å². The number of aromatic amines is 1. The molecule has 6 heteroatoms. The molecule has 0 aliphatic heterocycles. The Morgan fingerprint density at radius 2 is 2.19 bits per heavy atom. The third-order valence-electron chi connectivity index (χ3n) is 4.66. The number of rotatable bonds is 9. The van der Waals surface area contributed by atoms with Gasteiger partial charge in [-0.05, 0) is 43.1 Å². The number of carbonyl (C=O) groups is 1. The van der Waals surface area contributed by atoms with Crippen molar-refractivity contribution in [3.8, 4) is 0 Å². The fraction of sp³-hybridized carbons (Fsp3) is 0.429. The van der Waals surface area contributed by atoms with Crippen LogP contribution < -0.4 is 5.32 Å². The lowest BCUT2D eigenvalue weighted by atomic mass is 10.1. The molecule has 0 saturated carbocycles. The third kappa shape index (κ3) is 5.44. The number of ketones is 1. The molecule has 6 nitrogen and oxygen atoms in total. The normalized spacial score (nSPS) is 15.5. The summed E-state index contributed by atoms with van der Waals surface area (Å²) in [6, 6.07) is 1.91. The van der Waals surface area contributed by atoms with Crippen LogP contribution in [0.15, 0.2) is 47.3 Å². The molecule has 146 valence electrons. The number of carbonyl (C=O) groups excluding carboxylic acids is 1. The van der Waals surface area contributed by atoms with Crippen molar-refractivity contribution in [2.75, 3.05) is 33.1 Å². The van der Waals surface area contributed by atoms with Crippen LogP contribution in [0.1, 0.15) is 38.8 Å². The van der Waals surface area contributed by atoms with Crippen LogP contribution in [0.25, 0.3) is 5.57 Å². The molecule has 0 spiro atoms. The first-order chi connectivity index (χ1) is 12.8. The van der Waals surface area contributed by atoms with Crippen LogP contribution in [0.3, 0.4) is 0 Å². The highest BCUT2D eigenvalue weighted by Gasteiger charge is 2.16. The van der Waals surface area contributed by atoms with Gasteiger partial charge in [-0.2, -0.15) is 5.10 Å². The number of likely N-dealkylation sites (N-methyl/N-ethyl adjacent to an activating group) is 1. The van der Waals surface area contributed by atoms with Crippen molar-refractivity contribution in [3.63, 3.8) is 0 Å². The fourth-order valence-corrected chi connectivity index (χ4v) is 2.90. The zero-order valence-corrected chi connectivity index (χ0v) is 17.0. The first kappa shape index (κ1) is 20.7. The second-order valence-electron chi connectivity index (χ2n) is 6.92. The summed E-state index contributed by atoms with van der Waals surface area (Å²) in [7, 11) is 5.66. The lowest BCUT2D eigenvalue weighted by Crippen LogP contribution is -2.17. The Labute approximate surface area is 161 Å². The van der Waals surface area contributed by atoms with Gasteiger partial charge in [0.15, 0.2) is 11.6 Å². The van der Waals surface area contributed by atoms with Crippen LogP contribution in [-0.2, 0) is 9.53 Å². The molecule has 2 N–H and O–H groups in total. The topological polar surface area (TPSA) is 70.2 Å². The van der Waals surface area contributed by atoms with Crippen LogP contribution in [0.2, 0.25) is 0 Å². The predicted octanol–water partition coefficient (Wildman–Crippen LogP) is 3.90. The van der Waals surface area contributed by atoms with E-state index < -0.39 is 0 Å². The third-order valence-corrected chi connectivity index (χ3v) is 4.66. The number of H-pyrrole nitrogens is 1. The monoisotopic (exact) mass is 370 g/mol. The molecule has 0 amide bonds. The van der Waals surface area contributed by atoms with E-state index in [0.717, 1.165) is 41.1 Å². The first-order valence-corrected chi connectivity index (χ1v) is 9.17. The van der Waals surface area contributed by atoms with Crippen LogP contribution in [0.5, 0.6) is 0 Å².